The highest BCUT2D eigenvalue weighted by Gasteiger charge is 2.29. The summed E-state index contributed by atoms with van der Waals surface area (Å²) < 4.78 is 0. The average Bonchev–Trinajstić information content (AvgIpc) is 1.96. The lowest BCUT2D eigenvalue weighted by atomic mass is 9.79. The van der Waals surface area contributed by atoms with Crippen LogP contribution in [0.25, 0.3) is 0 Å². The van der Waals surface area contributed by atoms with E-state index in [9.17, 15) is 4.79 Å². The van der Waals surface area contributed by atoms with Gasteiger partial charge >= 0.3 is 0 Å². The van der Waals surface area contributed by atoms with Gasteiger partial charge in [0, 0.05) is 0 Å². The van der Waals surface area contributed by atoms with Crippen molar-refractivity contribution in [3.63, 3.8) is 0 Å². The van der Waals surface area contributed by atoms with Crippen molar-refractivity contribution in [3.05, 3.63) is 0 Å². The Balaban J connectivity index is 2.46. The van der Waals surface area contributed by atoms with Crippen molar-refractivity contribution >= 4 is 6.29 Å². The molecule has 1 rings (SSSR count). The quantitative estimate of drug-likeness (QED) is 0.555. The molecule has 0 amide bonds. The van der Waals surface area contributed by atoms with Gasteiger partial charge in [0.25, 0.3) is 0 Å². The molecule has 0 radical (unpaired) electrons. The van der Waals surface area contributed by atoms with Crippen LogP contribution in [0, 0.1) is 5.92 Å². The zero-order chi connectivity index (χ0) is 7.61. The largest absolute Gasteiger partial charge is 0.319 e. The maximum Gasteiger partial charge on any atom is 0.139 e. The second-order valence-corrected chi connectivity index (χ2v) is 3.53. The fourth-order valence-corrected chi connectivity index (χ4v) is 1.42. The van der Waals surface area contributed by atoms with Crippen LogP contribution in [0.4, 0.5) is 0 Å². The van der Waals surface area contributed by atoms with E-state index in [4.69, 9.17) is 5.73 Å². The number of aldehydes is 1. The lowest BCUT2D eigenvalue weighted by molar-refractivity contribution is -0.113. The molecule has 0 aliphatic heterocycles. The number of nitrogens with two attached hydrogens (primary N) is 1. The number of rotatable bonds is 1. The van der Waals surface area contributed by atoms with E-state index >= 15 is 0 Å². The Labute approximate surface area is 61.8 Å². The zero-order valence-corrected chi connectivity index (χ0v) is 6.47. The number of hydrogen-bond donors (Lipinski definition) is 1. The van der Waals surface area contributed by atoms with Crippen LogP contribution in [0.5, 0.6) is 0 Å². The van der Waals surface area contributed by atoms with Crippen molar-refractivity contribution < 1.29 is 4.79 Å². The van der Waals surface area contributed by atoms with Crippen LogP contribution >= 0.6 is 0 Å². The topological polar surface area (TPSA) is 43.1 Å². The summed E-state index contributed by atoms with van der Waals surface area (Å²) >= 11 is 0. The van der Waals surface area contributed by atoms with E-state index in [1.807, 2.05) is 0 Å². The third-order valence-electron chi connectivity index (χ3n) is 2.44. The Kier molecular flexibility index (Phi) is 2.09. The van der Waals surface area contributed by atoms with Crippen molar-refractivity contribution in [2.24, 2.45) is 11.7 Å². The van der Waals surface area contributed by atoms with E-state index in [1.54, 1.807) is 0 Å². The highest BCUT2D eigenvalue weighted by atomic mass is 16.1. The van der Waals surface area contributed by atoms with Gasteiger partial charge in [-0.2, -0.15) is 0 Å². The van der Waals surface area contributed by atoms with Gasteiger partial charge in [-0.25, -0.2) is 0 Å². The minimum absolute atomic E-state index is 0.480. The first-order valence-electron chi connectivity index (χ1n) is 3.91. The molecule has 0 aromatic rings. The first-order chi connectivity index (χ1) is 4.66. The second-order valence-electron chi connectivity index (χ2n) is 3.53. The van der Waals surface area contributed by atoms with Crippen molar-refractivity contribution in [3.8, 4) is 0 Å². The Morgan fingerprint density at radius 3 is 2.40 bits per heavy atom. The molecule has 0 atom stereocenters. The smallest absolute Gasteiger partial charge is 0.139 e. The molecular weight excluding hydrogens is 126 g/mol. The van der Waals surface area contributed by atoms with Gasteiger partial charge in [0.1, 0.15) is 6.29 Å². The highest BCUT2D eigenvalue weighted by Crippen LogP contribution is 2.28. The minimum Gasteiger partial charge on any atom is -0.319 e. The predicted octanol–water partition coefficient (Wildman–Crippen LogP) is 1.09. The summed E-state index contributed by atoms with van der Waals surface area (Å²) in [7, 11) is 0. The third-order valence-corrected chi connectivity index (χ3v) is 2.44. The molecule has 58 valence electrons. The summed E-state index contributed by atoms with van der Waals surface area (Å²) in [5.74, 6) is 0.761. The van der Waals surface area contributed by atoms with Crippen LogP contribution in [0.1, 0.15) is 32.6 Å². The van der Waals surface area contributed by atoms with E-state index < -0.39 is 5.54 Å². The Morgan fingerprint density at radius 2 is 2.00 bits per heavy atom. The number of hydrogen-bond acceptors (Lipinski definition) is 2. The fraction of sp³-hybridized carbons (Fsp3) is 0.875. The lowest BCUT2D eigenvalue weighted by Crippen LogP contribution is -2.44. The Bertz CT molecular complexity index is 125. The molecule has 10 heavy (non-hydrogen) atoms. The van der Waals surface area contributed by atoms with Crippen LogP contribution < -0.4 is 5.73 Å². The predicted molar refractivity (Wildman–Crippen MR) is 40.6 cm³/mol. The van der Waals surface area contributed by atoms with Gasteiger partial charge in [-0.15, -0.1) is 0 Å². The molecule has 1 aliphatic carbocycles. The van der Waals surface area contributed by atoms with Gasteiger partial charge in [0.05, 0.1) is 5.54 Å². The Hall–Kier alpha value is -0.370. The SMILES string of the molecule is CC1CCC(N)(C=O)CC1. The normalized spacial score (nSPS) is 41.2. The van der Waals surface area contributed by atoms with Crippen LogP contribution in [-0.2, 0) is 4.79 Å². The number of carbonyl (C=O) groups is 1. The third kappa shape index (κ3) is 1.57. The van der Waals surface area contributed by atoms with Crippen LogP contribution in [0.2, 0.25) is 0 Å². The van der Waals surface area contributed by atoms with Crippen molar-refractivity contribution in [1.82, 2.24) is 0 Å². The molecule has 0 aromatic carbocycles. The molecule has 0 bridgehead atoms. The van der Waals surface area contributed by atoms with Gasteiger partial charge < -0.3 is 10.5 Å². The van der Waals surface area contributed by atoms with Gasteiger partial charge in [-0.3, -0.25) is 0 Å². The fourth-order valence-electron chi connectivity index (χ4n) is 1.42. The average molecular weight is 141 g/mol. The molecular formula is C8H15NO. The second kappa shape index (κ2) is 2.70. The van der Waals surface area contributed by atoms with E-state index in [-0.39, 0.29) is 0 Å². The summed E-state index contributed by atoms with van der Waals surface area (Å²) in [6.07, 6.45) is 4.87. The van der Waals surface area contributed by atoms with E-state index in [1.165, 1.54) is 0 Å². The van der Waals surface area contributed by atoms with E-state index in [2.05, 4.69) is 6.92 Å². The molecule has 0 aromatic heterocycles. The molecule has 0 unspecified atom stereocenters. The van der Waals surface area contributed by atoms with Crippen LogP contribution in [0.15, 0.2) is 0 Å². The van der Waals surface area contributed by atoms with Gasteiger partial charge in [0.2, 0.25) is 0 Å². The first-order valence-corrected chi connectivity index (χ1v) is 3.91. The van der Waals surface area contributed by atoms with Crippen LogP contribution in [0.3, 0.4) is 0 Å². The standard InChI is InChI=1S/C8H15NO/c1-7-2-4-8(9,6-10)5-3-7/h6-7H,2-5,9H2,1H3. The lowest BCUT2D eigenvalue weighted by Gasteiger charge is -2.30. The Morgan fingerprint density at radius 1 is 1.50 bits per heavy atom. The zero-order valence-electron chi connectivity index (χ0n) is 6.47. The first kappa shape index (κ1) is 7.73. The minimum atomic E-state index is -0.480. The van der Waals surface area contributed by atoms with Gasteiger partial charge in [-0.05, 0) is 31.6 Å². The molecule has 0 heterocycles. The van der Waals surface area contributed by atoms with Gasteiger partial charge in [0.15, 0.2) is 0 Å². The summed E-state index contributed by atoms with van der Waals surface area (Å²) in [4.78, 5) is 10.5. The summed E-state index contributed by atoms with van der Waals surface area (Å²) in [6, 6.07) is 0. The van der Waals surface area contributed by atoms with Crippen molar-refractivity contribution in [1.29, 1.82) is 0 Å². The molecule has 2 nitrogen and oxygen atoms in total. The summed E-state index contributed by atoms with van der Waals surface area (Å²) in [5.41, 5.74) is 5.27. The van der Waals surface area contributed by atoms with Crippen molar-refractivity contribution in [2.45, 2.75) is 38.1 Å². The van der Waals surface area contributed by atoms with Gasteiger partial charge in [-0.1, -0.05) is 6.92 Å². The number of carbonyl (C=O) groups excluding carboxylic acids is 1. The maximum absolute atomic E-state index is 10.5. The monoisotopic (exact) mass is 141 g/mol. The highest BCUT2D eigenvalue weighted by molar-refractivity contribution is 5.63. The molecule has 2 heteroatoms. The maximum atomic E-state index is 10.5. The molecule has 1 fully saturated rings. The van der Waals surface area contributed by atoms with E-state index in [0.29, 0.717) is 0 Å². The molecule has 0 spiro atoms. The molecule has 0 saturated heterocycles. The van der Waals surface area contributed by atoms with Crippen LogP contribution in [-0.4, -0.2) is 11.8 Å². The van der Waals surface area contributed by atoms with Crippen molar-refractivity contribution in [2.75, 3.05) is 0 Å². The molecule has 2 N–H and O–H groups in total. The summed E-state index contributed by atoms with van der Waals surface area (Å²) in [6.45, 7) is 2.21. The molecule has 1 aliphatic rings. The molecule has 1 saturated carbocycles. The van der Waals surface area contributed by atoms with E-state index in [0.717, 1.165) is 37.9 Å². The summed E-state index contributed by atoms with van der Waals surface area (Å²) in [5, 5.41) is 0.